The first-order chi connectivity index (χ1) is 12.9. The molecule has 4 aromatic rings. The Labute approximate surface area is 153 Å². The summed E-state index contributed by atoms with van der Waals surface area (Å²) in [7, 11) is 3.69. The zero-order valence-electron chi connectivity index (χ0n) is 14.9. The Bertz CT molecular complexity index is 1280. The van der Waals surface area contributed by atoms with Crippen molar-refractivity contribution in [3.8, 4) is 16.9 Å². The van der Waals surface area contributed by atoms with Gasteiger partial charge in [-0.15, -0.1) is 0 Å². The molecule has 4 rings (SSSR count). The maximum Gasteiger partial charge on any atom is 0.344 e. The summed E-state index contributed by atoms with van der Waals surface area (Å²) < 4.78 is 10.8. The van der Waals surface area contributed by atoms with Crippen LogP contribution in [0.2, 0.25) is 0 Å². The number of benzene rings is 2. The highest BCUT2D eigenvalue weighted by Gasteiger charge is 2.18. The van der Waals surface area contributed by atoms with Gasteiger partial charge in [-0.3, -0.25) is 0 Å². The lowest BCUT2D eigenvalue weighted by atomic mass is 10.00. The van der Waals surface area contributed by atoms with Gasteiger partial charge in [0.15, 0.2) is 0 Å². The van der Waals surface area contributed by atoms with E-state index in [0.717, 1.165) is 5.39 Å². The number of nitrogens with zero attached hydrogens (tertiary/aromatic N) is 1. The number of para-hydroxylation sites is 1. The number of fused-ring (bicyclic) bond motifs is 2. The summed E-state index contributed by atoms with van der Waals surface area (Å²) in [5.74, 6) is 0.0297. The predicted octanol–water partition coefficient (Wildman–Crippen LogP) is 3.33. The molecule has 0 unspecified atom stereocenters. The molecule has 0 aliphatic rings. The van der Waals surface area contributed by atoms with E-state index >= 15 is 0 Å². The van der Waals surface area contributed by atoms with Crippen LogP contribution in [0.25, 0.3) is 33.1 Å². The summed E-state index contributed by atoms with van der Waals surface area (Å²) >= 11 is 0. The van der Waals surface area contributed by atoms with Crippen LogP contribution in [0.5, 0.6) is 5.75 Å². The van der Waals surface area contributed by atoms with E-state index in [9.17, 15) is 14.7 Å². The number of aromatic hydroxyl groups is 1. The molecule has 136 valence electrons. The van der Waals surface area contributed by atoms with Gasteiger partial charge in [0.2, 0.25) is 0 Å². The monoisotopic (exact) mass is 363 g/mol. The average molecular weight is 363 g/mol. The molecule has 2 aromatic heterocycles. The third-order valence-corrected chi connectivity index (χ3v) is 4.40. The lowest BCUT2D eigenvalue weighted by molar-refractivity contribution is 0.383. The summed E-state index contributed by atoms with van der Waals surface area (Å²) in [5.41, 5.74) is 0.775. The Morgan fingerprint density at radius 3 is 2.52 bits per heavy atom. The predicted molar refractivity (Wildman–Crippen MR) is 103 cm³/mol. The first-order valence-corrected chi connectivity index (χ1v) is 8.41. The van der Waals surface area contributed by atoms with E-state index in [-0.39, 0.29) is 16.9 Å². The SMILES string of the molecule is CN(C)Cc1c(O)ccc2c(-c3cc4ccccc4oc3=O)cc(=O)oc12. The van der Waals surface area contributed by atoms with E-state index in [1.54, 1.807) is 24.3 Å². The Morgan fingerprint density at radius 1 is 0.963 bits per heavy atom. The van der Waals surface area contributed by atoms with Crippen LogP contribution in [-0.4, -0.2) is 24.1 Å². The van der Waals surface area contributed by atoms with Gasteiger partial charge in [0, 0.05) is 28.9 Å². The second kappa shape index (κ2) is 6.41. The quantitative estimate of drug-likeness (QED) is 0.562. The summed E-state index contributed by atoms with van der Waals surface area (Å²) in [6, 6.07) is 13.3. The molecule has 0 aliphatic heterocycles. The van der Waals surface area contributed by atoms with Crippen molar-refractivity contribution in [2.45, 2.75) is 6.54 Å². The topological polar surface area (TPSA) is 83.9 Å². The molecule has 1 N–H and O–H groups in total. The minimum atomic E-state index is -0.601. The number of hydrogen-bond donors (Lipinski definition) is 1. The Morgan fingerprint density at radius 2 is 1.74 bits per heavy atom. The van der Waals surface area contributed by atoms with Crippen molar-refractivity contribution in [1.82, 2.24) is 4.90 Å². The zero-order chi connectivity index (χ0) is 19.1. The van der Waals surface area contributed by atoms with Crippen molar-refractivity contribution in [3.63, 3.8) is 0 Å². The molecule has 6 heteroatoms. The largest absolute Gasteiger partial charge is 0.507 e. The lowest BCUT2D eigenvalue weighted by Gasteiger charge is -2.14. The van der Waals surface area contributed by atoms with Gasteiger partial charge in [-0.2, -0.15) is 0 Å². The van der Waals surface area contributed by atoms with Gasteiger partial charge in [0.25, 0.3) is 0 Å². The van der Waals surface area contributed by atoms with E-state index < -0.39 is 11.3 Å². The van der Waals surface area contributed by atoms with Crippen LogP contribution in [0, 0.1) is 0 Å². The molecule has 0 radical (unpaired) electrons. The molecule has 27 heavy (non-hydrogen) atoms. The Kier molecular flexibility index (Phi) is 4.05. The minimum absolute atomic E-state index is 0.0297. The van der Waals surface area contributed by atoms with E-state index in [1.165, 1.54) is 12.1 Å². The van der Waals surface area contributed by atoms with Crippen LogP contribution in [0.3, 0.4) is 0 Å². The maximum atomic E-state index is 12.6. The van der Waals surface area contributed by atoms with Gasteiger partial charge in [0.05, 0.1) is 11.1 Å². The highest BCUT2D eigenvalue weighted by atomic mass is 16.4. The molecule has 0 spiro atoms. The Hall–Kier alpha value is -3.38. The summed E-state index contributed by atoms with van der Waals surface area (Å²) in [6.07, 6.45) is 0. The van der Waals surface area contributed by atoms with Crippen molar-refractivity contribution in [2.75, 3.05) is 14.1 Å². The number of hydrogen-bond acceptors (Lipinski definition) is 6. The normalized spacial score (nSPS) is 11.5. The molecule has 2 aromatic carbocycles. The third kappa shape index (κ3) is 3.00. The first-order valence-electron chi connectivity index (χ1n) is 8.41. The number of rotatable bonds is 3. The summed E-state index contributed by atoms with van der Waals surface area (Å²) in [4.78, 5) is 26.6. The molecular weight excluding hydrogens is 346 g/mol. The van der Waals surface area contributed by atoms with Crippen LogP contribution in [-0.2, 0) is 6.54 Å². The molecule has 0 saturated heterocycles. The van der Waals surface area contributed by atoms with Crippen LogP contribution in [0.15, 0.2) is 67.0 Å². The van der Waals surface area contributed by atoms with Crippen molar-refractivity contribution in [1.29, 1.82) is 0 Å². The molecule has 2 heterocycles. The van der Waals surface area contributed by atoms with Gasteiger partial charge in [-0.05, 0) is 38.4 Å². The molecule has 6 nitrogen and oxygen atoms in total. The second-order valence-corrected chi connectivity index (χ2v) is 6.64. The number of phenolic OH excluding ortho intramolecular Hbond substituents is 1. The smallest absolute Gasteiger partial charge is 0.344 e. The van der Waals surface area contributed by atoms with E-state index in [4.69, 9.17) is 8.83 Å². The molecule has 0 amide bonds. The third-order valence-electron chi connectivity index (χ3n) is 4.40. The summed E-state index contributed by atoms with van der Waals surface area (Å²) in [5, 5.41) is 11.5. The molecule has 0 fully saturated rings. The van der Waals surface area contributed by atoms with Crippen LogP contribution >= 0.6 is 0 Å². The standard InChI is InChI=1S/C21H17NO5/c1-22(2)11-16-17(23)8-7-13-14(10-19(24)27-20(13)16)15-9-12-5-3-4-6-18(12)26-21(15)25/h3-10,23H,11H2,1-2H3. The van der Waals surface area contributed by atoms with Crippen molar-refractivity contribution >= 4 is 21.9 Å². The van der Waals surface area contributed by atoms with E-state index in [0.29, 0.717) is 28.6 Å². The molecule has 0 aliphatic carbocycles. The molecule has 0 atom stereocenters. The van der Waals surface area contributed by atoms with Crippen molar-refractivity contribution in [2.24, 2.45) is 0 Å². The average Bonchev–Trinajstić information content (AvgIpc) is 2.63. The van der Waals surface area contributed by atoms with Gasteiger partial charge < -0.3 is 18.8 Å². The Balaban J connectivity index is 2.07. The number of phenols is 1. The minimum Gasteiger partial charge on any atom is -0.507 e. The van der Waals surface area contributed by atoms with Crippen LogP contribution < -0.4 is 11.3 Å². The van der Waals surface area contributed by atoms with E-state index in [2.05, 4.69) is 0 Å². The highest BCUT2D eigenvalue weighted by molar-refractivity contribution is 5.97. The molecular formula is C21H17NO5. The van der Waals surface area contributed by atoms with Gasteiger partial charge in [-0.1, -0.05) is 18.2 Å². The lowest BCUT2D eigenvalue weighted by Crippen LogP contribution is -2.12. The van der Waals surface area contributed by atoms with E-state index in [1.807, 2.05) is 31.1 Å². The fourth-order valence-corrected chi connectivity index (χ4v) is 3.21. The fraction of sp³-hybridized carbons (Fsp3) is 0.143. The fourth-order valence-electron chi connectivity index (χ4n) is 3.21. The van der Waals surface area contributed by atoms with Crippen LogP contribution in [0.4, 0.5) is 0 Å². The van der Waals surface area contributed by atoms with Crippen molar-refractivity contribution < 1.29 is 13.9 Å². The highest BCUT2D eigenvalue weighted by Crippen LogP contribution is 2.33. The second-order valence-electron chi connectivity index (χ2n) is 6.64. The van der Waals surface area contributed by atoms with Crippen LogP contribution in [0.1, 0.15) is 5.56 Å². The maximum absolute atomic E-state index is 12.6. The van der Waals surface area contributed by atoms with Crippen molar-refractivity contribution in [3.05, 3.63) is 74.9 Å². The zero-order valence-corrected chi connectivity index (χ0v) is 14.9. The van der Waals surface area contributed by atoms with Gasteiger partial charge in [-0.25, -0.2) is 9.59 Å². The summed E-state index contributed by atoms with van der Waals surface area (Å²) in [6.45, 7) is 0.377. The van der Waals surface area contributed by atoms with Gasteiger partial charge in [0.1, 0.15) is 16.9 Å². The molecule has 0 saturated carbocycles. The first kappa shape index (κ1) is 17.1. The van der Waals surface area contributed by atoms with Gasteiger partial charge >= 0.3 is 11.3 Å². The molecule has 0 bridgehead atoms.